The number of sulfonamides is 1. The number of aliphatic carboxylic acids is 1. The summed E-state index contributed by atoms with van der Waals surface area (Å²) < 4.78 is 36.2. The summed E-state index contributed by atoms with van der Waals surface area (Å²) in [6.45, 7) is 0.712. The van der Waals surface area contributed by atoms with Crippen molar-refractivity contribution >= 4 is 21.9 Å². The predicted molar refractivity (Wildman–Crippen MR) is 77.0 cm³/mol. The van der Waals surface area contributed by atoms with E-state index in [2.05, 4.69) is 5.32 Å². The first-order valence-electron chi connectivity index (χ1n) is 6.18. The van der Waals surface area contributed by atoms with Crippen molar-refractivity contribution in [2.75, 3.05) is 19.8 Å². The van der Waals surface area contributed by atoms with Crippen molar-refractivity contribution < 1.29 is 27.5 Å². The van der Waals surface area contributed by atoms with Crippen molar-refractivity contribution in [3.05, 3.63) is 35.6 Å². The molecule has 0 spiro atoms. The number of carbonyl (C=O) groups excluding carboxylic acids is 1. The van der Waals surface area contributed by atoms with E-state index >= 15 is 0 Å². The number of carbonyl (C=O) groups is 2. The molecule has 0 heterocycles. The lowest BCUT2D eigenvalue weighted by molar-refractivity contribution is -0.147. The van der Waals surface area contributed by atoms with Gasteiger partial charge in [-0.1, -0.05) is 12.1 Å². The smallest absolute Gasteiger partial charge is 0.333 e. The molecular weight excluding hydrogens is 315 g/mol. The maximum atomic E-state index is 12.9. The van der Waals surface area contributed by atoms with Crippen molar-refractivity contribution in [1.82, 2.24) is 9.62 Å². The van der Waals surface area contributed by atoms with Crippen LogP contribution in [0, 0.1) is 5.82 Å². The van der Waals surface area contributed by atoms with Gasteiger partial charge in [0.1, 0.15) is 5.82 Å². The monoisotopic (exact) mass is 332 g/mol. The van der Waals surface area contributed by atoms with Crippen LogP contribution >= 0.6 is 0 Å². The predicted octanol–water partition coefficient (Wildman–Crippen LogP) is 0.133. The molecule has 1 aromatic carbocycles. The number of hydrogen-bond donors (Lipinski definition) is 2. The standard InChI is InChI=1S/C13H17FN2O5S/c1-13(12(18)19,9-4-6-10(14)7-5-9)15-11(17)8-16(2)22(3,20)21/h4-7H,8H2,1-3H3,(H,15,17)(H,18,19). The fourth-order valence-corrected chi connectivity index (χ4v) is 2.02. The summed E-state index contributed by atoms with van der Waals surface area (Å²) in [5.74, 6) is -2.68. The van der Waals surface area contributed by atoms with E-state index in [-0.39, 0.29) is 5.56 Å². The highest BCUT2D eigenvalue weighted by atomic mass is 32.2. The zero-order valence-electron chi connectivity index (χ0n) is 12.3. The first-order valence-corrected chi connectivity index (χ1v) is 8.03. The molecule has 0 saturated heterocycles. The van der Waals surface area contributed by atoms with Crippen LogP contribution < -0.4 is 5.32 Å². The fourth-order valence-electron chi connectivity index (χ4n) is 1.67. The van der Waals surface area contributed by atoms with Gasteiger partial charge in [-0.2, -0.15) is 4.31 Å². The average Bonchev–Trinajstić information content (AvgIpc) is 2.37. The highest BCUT2D eigenvalue weighted by Crippen LogP contribution is 2.21. The van der Waals surface area contributed by atoms with E-state index in [1.165, 1.54) is 26.1 Å². The first kappa shape index (κ1) is 18.1. The Bertz CT molecular complexity index is 674. The highest BCUT2D eigenvalue weighted by Gasteiger charge is 2.37. The van der Waals surface area contributed by atoms with Crippen molar-refractivity contribution in [3.8, 4) is 0 Å². The maximum absolute atomic E-state index is 12.9. The van der Waals surface area contributed by atoms with E-state index in [9.17, 15) is 27.5 Å². The van der Waals surface area contributed by atoms with Gasteiger partial charge in [-0.05, 0) is 24.6 Å². The Balaban J connectivity index is 3.00. The second-order valence-electron chi connectivity index (χ2n) is 5.00. The molecule has 22 heavy (non-hydrogen) atoms. The lowest BCUT2D eigenvalue weighted by atomic mass is 9.92. The molecule has 0 aromatic heterocycles. The van der Waals surface area contributed by atoms with Crippen molar-refractivity contribution in [2.45, 2.75) is 12.5 Å². The second kappa shape index (κ2) is 6.41. The number of carboxylic acid groups (broad SMARTS) is 1. The molecule has 0 saturated carbocycles. The number of likely N-dealkylation sites (N-methyl/N-ethyl adjacent to an activating group) is 1. The molecule has 122 valence electrons. The molecule has 0 bridgehead atoms. The summed E-state index contributed by atoms with van der Waals surface area (Å²) in [6, 6.07) is 4.63. The molecule has 1 atom stereocenters. The van der Waals surface area contributed by atoms with Gasteiger partial charge in [0.25, 0.3) is 0 Å². The summed E-state index contributed by atoms with van der Waals surface area (Å²) in [5, 5.41) is 11.6. The summed E-state index contributed by atoms with van der Waals surface area (Å²) in [4.78, 5) is 23.4. The first-order chi connectivity index (χ1) is 9.96. The van der Waals surface area contributed by atoms with E-state index in [0.717, 1.165) is 22.7 Å². The minimum Gasteiger partial charge on any atom is -0.479 e. The topological polar surface area (TPSA) is 104 Å². The third-order valence-corrected chi connectivity index (χ3v) is 4.43. The van der Waals surface area contributed by atoms with Crippen LogP contribution in [0.15, 0.2) is 24.3 Å². The molecule has 0 aliphatic heterocycles. The molecule has 9 heteroatoms. The Morgan fingerprint density at radius 3 is 2.23 bits per heavy atom. The van der Waals surface area contributed by atoms with Crippen LogP contribution in [0.1, 0.15) is 12.5 Å². The van der Waals surface area contributed by atoms with Crippen molar-refractivity contribution in [3.63, 3.8) is 0 Å². The van der Waals surface area contributed by atoms with Crippen molar-refractivity contribution in [2.24, 2.45) is 0 Å². The van der Waals surface area contributed by atoms with E-state index in [0.29, 0.717) is 0 Å². The molecule has 7 nitrogen and oxygen atoms in total. The van der Waals surface area contributed by atoms with Gasteiger partial charge in [-0.15, -0.1) is 0 Å². The summed E-state index contributed by atoms with van der Waals surface area (Å²) in [6.07, 6.45) is 0.927. The molecule has 2 N–H and O–H groups in total. The molecule has 1 amide bonds. The van der Waals surface area contributed by atoms with Gasteiger partial charge in [-0.3, -0.25) is 4.79 Å². The zero-order valence-corrected chi connectivity index (χ0v) is 13.1. The van der Waals surface area contributed by atoms with Crippen LogP contribution in [0.2, 0.25) is 0 Å². The Morgan fingerprint density at radius 2 is 1.82 bits per heavy atom. The largest absolute Gasteiger partial charge is 0.479 e. The van der Waals surface area contributed by atoms with Gasteiger partial charge in [0.15, 0.2) is 5.54 Å². The van der Waals surface area contributed by atoms with Gasteiger partial charge < -0.3 is 10.4 Å². The van der Waals surface area contributed by atoms with E-state index in [1.807, 2.05) is 0 Å². The number of carboxylic acids is 1. The van der Waals surface area contributed by atoms with Crippen LogP contribution in [0.25, 0.3) is 0 Å². The molecule has 1 rings (SSSR count). The van der Waals surface area contributed by atoms with Crippen LogP contribution in [0.5, 0.6) is 0 Å². The summed E-state index contributed by atoms with van der Waals surface area (Å²) in [5.41, 5.74) is -1.64. The number of halogens is 1. The third kappa shape index (κ3) is 4.25. The molecule has 0 aliphatic carbocycles. The average molecular weight is 332 g/mol. The highest BCUT2D eigenvalue weighted by molar-refractivity contribution is 7.88. The van der Waals surface area contributed by atoms with Gasteiger partial charge >= 0.3 is 5.97 Å². The maximum Gasteiger partial charge on any atom is 0.333 e. The van der Waals surface area contributed by atoms with Gasteiger partial charge in [0.05, 0.1) is 12.8 Å². The molecular formula is C13H17FN2O5S. The minimum atomic E-state index is -3.57. The number of hydrogen-bond acceptors (Lipinski definition) is 4. The number of amides is 1. The number of rotatable bonds is 6. The number of benzene rings is 1. The quantitative estimate of drug-likeness (QED) is 0.771. The molecule has 0 aliphatic rings. The molecule has 1 aromatic rings. The fraction of sp³-hybridized carbons (Fsp3) is 0.385. The van der Waals surface area contributed by atoms with E-state index in [1.54, 1.807) is 0 Å². The van der Waals surface area contributed by atoms with Gasteiger partial charge in [-0.25, -0.2) is 17.6 Å². The number of nitrogens with one attached hydrogen (secondary N) is 1. The Hall–Kier alpha value is -2.00. The van der Waals surface area contributed by atoms with Gasteiger partial charge in [0.2, 0.25) is 15.9 Å². The minimum absolute atomic E-state index is 0.164. The van der Waals surface area contributed by atoms with Crippen LogP contribution in [0.4, 0.5) is 4.39 Å². The van der Waals surface area contributed by atoms with Crippen LogP contribution in [0.3, 0.4) is 0 Å². The Labute approximate surface area is 127 Å². The van der Waals surface area contributed by atoms with E-state index in [4.69, 9.17) is 0 Å². The Morgan fingerprint density at radius 1 is 1.32 bits per heavy atom. The molecule has 0 radical (unpaired) electrons. The lowest BCUT2D eigenvalue weighted by Gasteiger charge is -2.27. The van der Waals surface area contributed by atoms with Crippen LogP contribution in [-0.4, -0.2) is 49.6 Å². The second-order valence-corrected chi connectivity index (χ2v) is 7.09. The molecule has 1 unspecified atom stereocenters. The van der Waals surface area contributed by atoms with Gasteiger partial charge in [0, 0.05) is 7.05 Å². The van der Waals surface area contributed by atoms with E-state index < -0.39 is 39.8 Å². The lowest BCUT2D eigenvalue weighted by Crippen LogP contribution is -2.52. The summed E-state index contributed by atoms with van der Waals surface area (Å²) in [7, 11) is -2.37. The summed E-state index contributed by atoms with van der Waals surface area (Å²) >= 11 is 0. The zero-order chi connectivity index (χ0) is 17.1. The third-order valence-electron chi connectivity index (χ3n) is 3.17. The van der Waals surface area contributed by atoms with Crippen molar-refractivity contribution in [1.29, 1.82) is 0 Å². The number of nitrogens with zero attached hydrogens (tertiary/aromatic N) is 1. The van der Waals surface area contributed by atoms with Crippen LogP contribution in [-0.2, 0) is 25.2 Å². The normalized spacial score (nSPS) is 14.4. The molecule has 0 fully saturated rings. The SMILES string of the molecule is CN(CC(=O)NC(C)(C(=O)O)c1ccc(F)cc1)S(C)(=O)=O. The Kier molecular flexibility index (Phi) is 5.26.